The molecule has 2 aliphatic carbocycles. The Labute approximate surface area is 164 Å². The molecule has 0 saturated heterocycles. The van der Waals surface area contributed by atoms with Crippen LogP contribution in [-0.4, -0.2) is 37.5 Å². The Hall–Kier alpha value is -1.56. The van der Waals surface area contributed by atoms with Gasteiger partial charge in [-0.1, -0.05) is 34.1 Å². The maximum atomic E-state index is 11.7. The van der Waals surface area contributed by atoms with Crippen LogP contribution in [0.1, 0.15) is 51.0 Å². The molecular formula is C20H29BrN4O. The van der Waals surface area contributed by atoms with Crippen LogP contribution in [0.2, 0.25) is 0 Å². The zero-order valence-corrected chi connectivity index (χ0v) is 17.1. The van der Waals surface area contributed by atoms with Gasteiger partial charge in [-0.25, -0.2) is 0 Å². The fourth-order valence-corrected chi connectivity index (χ4v) is 3.82. The second-order valence-corrected chi connectivity index (χ2v) is 8.18. The maximum Gasteiger partial charge on any atom is 0.220 e. The summed E-state index contributed by atoms with van der Waals surface area (Å²) in [5.74, 6) is 1.01. The van der Waals surface area contributed by atoms with Crippen molar-refractivity contribution in [2.45, 2.75) is 56.9 Å². The van der Waals surface area contributed by atoms with E-state index in [4.69, 9.17) is 4.99 Å². The van der Waals surface area contributed by atoms with Crippen LogP contribution < -0.4 is 16.0 Å². The first kappa shape index (κ1) is 19.2. The highest BCUT2D eigenvalue weighted by Crippen LogP contribution is 2.50. The van der Waals surface area contributed by atoms with Crippen LogP contribution in [0.3, 0.4) is 0 Å². The van der Waals surface area contributed by atoms with Gasteiger partial charge in [0.25, 0.3) is 0 Å². The lowest BCUT2D eigenvalue weighted by Crippen LogP contribution is -2.38. The summed E-state index contributed by atoms with van der Waals surface area (Å²) in [5.41, 5.74) is 1.53. The quantitative estimate of drug-likeness (QED) is 0.326. The van der Waals surface area contributed by atoms with Crippen LogP contribution in [0.15, 0.2) is 33.7 Å². The molecule has 0 heterocycles. The maximum absolute atomic E-state index is 11.7. The molecule has 26 heavy (non-hydrogen) atoms. The van der Waals surface area contributed by atoms with Gasteiger partial charge in [-0.05, 0) is 50.7 Å². The molecule has 3 rings (SSSR count). The normalized spacial score (nSPS) is 18.3. The van der Waals surface area contributed by atoms with Gasteiger partial charge in [0.15, 0.2) is 5.96 Å². The summed E-state index contributed by atoms with van der Waals surface area (Å²) >= 11 is 3.68. The highest BCUT2D eigenvalue weighted by atomic mass is 79.9. The molecule has 0 radical (unpaired) electrons. The topological polar surface area (TPSA) is 65.5 Å². The largest absolute Gasteiger partial charge is 0.357 e. The summed E-state index contributed by atoms with van der Waals surface area (Å²) in [5, 5.41) is 9.69. The Kier molecular flexibility index (Phi) is 6.57. The molecule has 0 bridgehead atoms. The Morgan fingerprint density at radius 2 is 2.04 bits per heavy atom. The fourth-order valence-electron chi connectivity index (χ4n) is 3.11. The Morgan fingerprint density at radius 3 is 2.69 bits per heavy atom. The summed E-state index contributed by atoms with van der Waals surface area (Å²) in [6.45, 7) is 4.44. The lowest BCUT2D eigenvalue weighted by Gasteiger charge is -2.17. The SMILES string of the molecule is CCNC(=NCC1(c2ccccc2Br)CC1)NCCCC(=O)NC1CC1. The first-order valence-corrected chi connectivity index (χ1v) is 10.5. The standard InChI is InChI=1S/C20H29BrN4O/c1-2-22-19(23-13-5-8-18(26)25-15-9-10-15)24-14-20(11-12-20)16-6-3-4-7-17(16)21/h3-4,6-7,15H,2,5,8-14H2,1H3,(H,25,26)(H2,22,23,24). The smallest absolute Gasteiger partial charge is 0.220 e. The Balaban J connectivity index is 1.47. The molecule has 2 saturated carbocycles. The molecule has 1 amide bonds. The molecule has 0 unspecified atom stereocenters. The number of amides is 1. The van der Waals surface area contributed by atoms with E-state index in [1.54, 1.807) is 0 Å². The van der Waals surface area contributed by atoms with Crippen molar-refractivity contribution in [3.05, 3.63) is 34.3 Å². The molecule has 3 N–H and O–H groups in total. The predicted molar refractivity (Wildman–Crippen MR) is 109 cm³/mol. The zero-order chi connectivity index (χ0) is 18.4. The molecule has 0 spiro atoms. The zero-order valence-electron chi connectivity index (χ0n) is 15.5. The van der Waals surface area contributed by atoms with E-state index in [9.17, 15) is 4.79 Å². The summed E-state index contributed by atoms with van der Waals surface area (Å²) in [4.78, 5) is 16.5. The van der Waals surface area contributed by atoms with E-state index in [1.165, 1.54) is 22.9 Å². The minimum absolute atomic E-state index is 0.169. The van der Waals surface area contributed by atoms with Crippen LogP contribution in [0.25, 0.3) is 0 Å². The number of guanidine groups is 1. The van der Waals surface area contributed by atoms with Gasteiger partial charge in [0.1, 0.15) is 0 Å². The van der Waals surface area contributed by atoms with Crippen molar-refractivity contribution in [2.24, 2.45) is 4.99 Å². The van der Waals surface area contributed by atoms with E-state index in [1.807, 2.05) is 0 Å². The number of nitrogens with zero attached hydrogens (tertiary/aromatic N) is 1. The monoisotopic (exact) mass is 420 g/mol. The highest BCUT2D eigenvalue weighted by molar-refractivity contribution is 9.10. The van der Waals surface area contributed by atoms with E-state index < -0.39 is 0 Å². The molecule has 5 nitrogen and oxygen atoms in total. The molecule has 6 heteroatoms. The first-order valence-electron chi connectivity index (χ1n) is 9.69. The molecule has 1 aromatic rings. The number of aliphatic imine (C=N–C) groups is 1. The number of carbonyl (C=O) groups is 1. The van der Waals surface area contributed by atoms with Crippen LogP contribution in [0, 0.1) is 0 Å². The van der Waals surface area contributed by atoms with Crippen LogP contribution >= 0.6 is 15.9 Å². The molecule has 0 aliphatic heterocycles. The predicted octanol–water partition coefficient (Wildman–Crippen LogP) is 3.09. The van der Waals surface area contributed by atoms with Crippen molar-refractivity contribution in [1.29, 1.82) is 0 Å². The van der Waals surface area contributed by atoms with E-state index in [2.05, 4.69) is 63.1 Å². The molecule has 0 atom stereocenters. The second kappa shape index (κ2) is 8.89. The lowest BCUT2D eigenvalue weighted by atomic mass is 9.96. The first-order chi connectivity index (χ1) is 12.6. The van der Waals surface area contributed by atoms with Crippen LogP contribution in [0.5, 0.6) is 0 Å². The minimum Gasteiger partial charge on any atom is -0.357 e. The van der Waals surface area contributed by atoms with Gasteiger partial charge in [0.2, 0.25) is 5.91 Å². The number of benzene rings is 1. The number of hydrogen-bond donors (Lipinski definition) is 3. The van der Waals surface area contributed by atoms with Crippen molar-refractivity contribution in [1.82, 2.24) is 16.0 Å². The van der Waals surface area contributed by atoms with Gasteiger partial charge in [-0.15, -0.1) is 0 Å². The minimum atomic E-state index is 0.169. The third-order valence-corrected chi connectivity index (χ3v) is 5.69. The number of halogens is 1. The van der Waals surface area contributed by atoms with Gasteiger partial charge in [0, 0.05) is 35.4 Å². The van der Waals surface area contributed by atoms with Gasteiger partial charge >= 0.3 is 0 Å². The Bertz CT molecular complexity index is 653. The van der Waals surface area contributed by atoms with E-state index in [0.29, 0.717) is 12.5 Å². The van der Waals surface area contributed by atoms with Crippen molar-refractivity contribution >= 4 is 27.8 Å². The number of nitrogens with one attached hydrogen (secondary N) is 3. The summed E-state index contributed by atoms with van der Waals surface area (Å²) in [6.07, 6.45) is 6.03. The van der Waals surface area contributed by atoms with Gasteiger partial charge in [-0.2, -0.15) is 0 Å². The summed E-state index contributed by atoms with van der Waals surface area (Å²) < 4.78 is 1.17. The molecule has 142 valence electrons. The number of carbonyl (C=O) groups excluding carboxylic acids is 1. The summed E-state index contributed by atoms with van der Waals surface area (Å²) in [7, 11) is 0. The van der Waals surface area contributed by atoms with E-state index >= 15 is 0 Å². The van der Waals surface area contributed by atoms with Gasteiger partial charge in [0.05, 0.1) is 6.54 Å². The van der Waals surface area contributed by atoms with E-state index in [-0.39, 0.29) is 11.3 Å². The second-order valence-electron chi connectivity index (χ2n) is 7.33. The Morgan fingerprint density at radius 1 is 1.27 bits per heavy atom. The molecule has 2 fully saturated rings. The number of rotatable bonds is 9. The fraction of sp³-hybridized carbons (Fsp3) is 0.600. The van der Waals surface area contributed by atoms with Crippen molar-refractivity contribution in [3.8, 4) is 0 Å². The lowest BCUT2D eigenvalue weighted by molar-refractivity contribution is -0.121. The molecular weight excluding hydrogens is 392 g/mol. The highest BCUT2D eigenvalue weighted by Gasteiger charge is 2.45. The van der Waals surface area contributed by atoms with Crippen molar-refractivity contribution in [3.63, 3.8) is 0 Å². The van der Waals surface area contributed by atoms with Crippen LogP contribution in [-0.2, 0) is 10.2 Å². The van der Waals surface area contributed by atoms with Gasteiger partial charge < -0.3 is 16.0 Å². The van der Waals surface area contributed by atoms with E-state index in [0.717, 1.165) is 44.9 Å². The third-order valence-electron chi connectivity index (χ3n) is 5.00. The third kappa shape index (κ3) is 5.47. The van der Waals surface area contributed by atoms with Crippen molar-refractivity contribution in [2.75, 3.05) is 19.6 Å². The average Bonchev–Trinajstić information content (AvgIpc) is 3.54. The van der Waals surface area contributed by atoms with Crippen molar-refractivity contribution < 1.29 is 4.79 Å². The van der Waals surface area contributed by atoms with Crippen LogP contribution in [0.4, 0.5) is 0 Å². The number of hydrogen-bond acceptors (Lipinski definition) is 2. The molecule has 2 aliphatic rings. The molecule has 1 aromatic carbocycles. The summed E-state index contributed by atoms with van der Waals surface area (Å²) in [6, 6.07) is 8.90. The van der Waals surface area contributed by atoms with Gasteiger partial charge in [-0.3, -0.25) is 9.79 Å². The average molecular weight is 421 g/mol. The molecule has 0 aromatic heterocycles.